The van der Waals surface area contributed by atoms with Crippen LogP contribution in [0, 0.1) is 5.41 Å². The van der Waals surface area contributed by atoms with Crippen molar-refractivity contribution >= 4 is 21.5 Å². The van der Waals surface area contributed by atoms with Crippen molar-refractivity contribution in [3.63, 3.8) is 0 Å². The first-order chi connectivity index (χ1) is 16.0. The predicted octanol–water partition coefficient (Wildman–Crippen LogP) is 3.34. The van der Waals surface area contributed by atoms with Gasteiger partial charge in [-0.1, -0.05) is 0 Å². The fourth-order valence-electron chi connectivity index (χ4n) is 7.04. The average Bonchev–Trinajstić information content (AvgIpc) is 3.29. The number of benzene rings is 4. The molecule has 7 rings (SSSR count). The van der Waals surface area contributed by atoms with Crippen molar-refractivity contribution in [2.24, 2.45) is 5.41 Å². The van der Waals surface area contributed by atoms with E-state index in [1.165, 1.54) is 47.4 Å². The van der Waals surface area contributed by atoms with Gasteiger partial charge in [-0.25, -0.2) is 0 Å². The quantitative estimate of drug-likeness (QED) is 0.322. The van der Waals surface area contributed by atoms with Crippen LogP contribution in [0.15, 0.2) is 93.8 Å². The minimum atomic E-state index is -2.62. The van der Waals surface area contributed by atoms with E-state index in [2.05, 4.69) is 106 Å². The van der Waals surface area contributed by atoms with Gasteiger partial charge < -0.3 is 24.8 Å². The van der Waals surface area contributed by atoms with Gasteiger partial charge in [-0.3, -0.25) is 0 Å². The molecule has 4 aromatic carbocycles. The Morgan fingerprint density at radius 1 is 0.714 bits per heavy atom. The topological polar surface area (TPSA) is 0 Å². The molecule has 0 bridgehead atoms. The van der Waals surface area contributed by atoms with E-state index in [1.54, 1.807) is 16.7 Å². The normalized spacial score (nSPS) is 18.4. The van der Waals surface area contributed by atoms with Crippen molar-refractivity contribution in [2.75, 3.05) is 0 Å². The molecule has 0 N–H and O–H groups in total. The Morgan fingerprint density at radius 2 is 1.29 bits per heavy atom. The van der Waals surface area contributed by atoms with E-state index in [-0.39, 0.29) is 30.2 Å². The van der Waals surface area contributed by atoms with Crippen molar-refractivity contribution < 1.29 is 45.1 Å². The summed E-state index contributed by atoms with van der Waals surface area (Å²) in [5, 5.41) is 5.78. The molecule has 2 aliphatic carbocycles. The van der Waals surface area contributed by atoms with Crippen LogP contribution in [0.1, 0.15) is 41.9 Å². The fraction of sp³-hybridized carbons (Fsp3) is 0.250. The van der Waals surface area contributed by atoms with E-state index in [1.807, 2.05) is 3.28 Å². The first-order valence-corrected chi connectivity index (χ1v) is 18.6. The molecule has 1 unspecified atom stereocenters. The molecule has 0 aromatic heterocycles. The maximum Gasteiger partial charge on any atom is -1.00 e. The van der Waals surface area contributed by atoms with Gasteiger partial charge in [-0.05, 0) is 0 Å². The van der Waals surface area contributed by atoms with Crippen molar-refractivity contribution in [2.45, 2.75) is 39.1 Å². The fourth-order valence-corrected chi connectivity index (χ4v) is 23.3. The predicted molar refractivity (Wildman–Crippen MR) is 139 cm³/mol. The summed E-state index contributed by atoms with van der Waals surface area (Å²) >= 11 is -2.62. The van der Waals surface area contributed by atoms with Crippen LogP contribution in [0.4, 0.5) is 0 Å². The zero-order chi connectivity index (χ0) is 22.4. The van der Waals surface area contributed by atoms with Crippen molar-refractivity contribution in [1.29, 1.82) is 0 Å². The molecular formula is C32H30Cl2Zr. The molecule has 4 aromatic rings. The maximum absolute atomic E-state index is 2.62. The summed E-state index contributed by atoms with van der Waals surface area (Å²) in [6.45, 7) is 7.25. The largest absolute Gasteiger partial charge is 1.00 e. The van der Waals surface area contributed by atoms with Gasteiger partial charge in [-0.15, -0.1) is 0 Å². The van der Waals surface area contributed by atoms with E-state index in [9.17, 15) is 0 Å². The van der Waals surface area contributed by atoms with Crippen LogP contribution in [-0.4, -0.2) is 0 Å². The first-order valence-electron chi connectivity index (χ1n) is 12.4. The van der Waals surface area contributed by atoms with Crippen LogP contribution >= 0.6 is 0 Å². The number of halogens is 2. The zero-order valence-corrected chi connectivity index (χ0v) is 24.5. The third kappa shape index (κ3) is 3.49. The van der Waals surface area contributed by atoms with Crippen LogP contribution in [0.25, 0.3) is 32.7 Å². The van der Waals surface area contributed by atoms with E-state index >= 15 is 0 Å². The average molecular weight is 577 g/mol. The van der Waals surface area contributed by atoms with Crippen LogP contribution in [0.5, 0.6) is 0 Å². The van der Waals surface area contributed by atoms with Gasteiger partial charge >= 0.3 is 202 Å². The third-order valence-electron chi connectivity index (χ3n) is 8.48. The smallest absolute Gasteiger partial charge is 1.00 e. The summed E-state index contributed by atoms with van der Waals surface area (Å²) in [5.74, 6) is 0. The standard InChI is InChI=1S/C21H13.C9H13.C2H4.2ClH.Zr/c1-2-8-15-14(7-1)13-20-18-11-4-3-9-16(18)17-10-5-6-12-19(17)21(15)20;1-9(2,3)8-6-4-5-7-8;1-2;;;/h1-13H;4,6H,5H2,1-3H3;1-2H2;2*1H;/q;;;;;+2/p-2. The molecule has 0 nitrogen and oxygen atoms in total. The van der Waals surface area contributed by atoms with Crippen molar-refractivity contribution in [3.05, 3.63) is 105 Å². The molecule has 1 heterocycles. The van der Waals surface area contributed by atoms with Crippen LogP contribution in [0.3, 0.4) is 0 Å². The maximum atomic E-state index is 2.48. The summed E-state index contributed by atoms with van der Waals surface area (Å²) < 4.78 is 5.57. The van der Waals surface area contributed by atoms with Gasteiger partial charge in [0.1, 0.15) is 0 Å². The third-order valence-corrected chi connectivity index (χ3v) is 20.7. The van der Waals surface area contributed by atoms with E-state index in [0.717, 1.165) is 0 Å². The van der Waals surface area contributed by atoms with Crippen LogP contribution in [-0.2, 0) is 20.3 Å². The van der Waals surface area contributed by atoms with Gasteiger partial charge in [0.2, 0.25) is 0 Å². The van der Waals surface area contributed by atoms with Gasteiger partial charge in [0.05, 0.1) is 0 Å². The Kier molecular flexibility index (Phi) is 6.24. The molecule has 3 heteroatoms. The Labute approximate surface area is 225 Å². The number of hydrogen-bond donors (Lipinski definition) is 0. The molecule has 35 heavy (non-hydrogen) atoms. The number of rotatable bonds is 2. The molecule has 1 atom stereocenters. The Bertz CT molecular complexity index is 1530. The number of allylic oxidation sites excluding steroid dienone is 4. The summed E-state index contributed by atoms with van der Waals surface area (Å²) in [7, 11) is 0. The minimum Gasteiger partial charge on any atom is -1.00 e. The summed E-state index contributed by atoms with van der Waals surface area (Å²) in [5.41, 5.74) is 8.26. The molecule has 0 saturated carbocycles. The van der Waals surface area contributed by atoms with Gasteiger partial charge in [0.25, 0.3) is 0 Å². The zero-order valence-electron chi connectivity index (χ0n) is 20.5. The second-order valence-electron chi connectivity index (χ2n) is 11.3. The Hall–Kier alpha value is -1.66. The van der Waals surface area contributed by atoms with Crippen molar-refractivity contribution in [1.82, 2.24) is 0 Å². The number of fused-ring (bicyclic) bond motifs is 8. The molecule has 0 spiro atoms. The van der Waals surface area contributed by atoms with Gasteiger partial charge in [0, 0.05) is 0 Å². The van der Waals surface area contributed by atoms with E-state index < -0.39 is 20.3 Å². The molecule has 1 aliphatic heterocycles. The summed E-state index contributed by atoms with van der Waals surface area (Å²) in [6, 6.07) is 27.8. The van der Waals surface area contributed by atoms with Crippen LogP contribution in [0.2, 0.25) is 8.26 Å². The second kappa shape index (κ2) is 8.73. The minimum absolute atomic E-state index is 0. The monoisotopic (exact) mass is 574 g/mol. The molecule has 1 saturated heterocycles. The van der Waals surface area contributed by atoms with E-state index in [4.69, 9.17) is 0 Å². The van der Waals surface area contributed by atoms with Gasteiger partial charge in [-0.2, -0.15) is 0 Å². The molecule has 0 radical (unpaired) electrons. The molecular weight excluding hydrogens is 546 g/mol. The van der Waals surface area contributed by atoms with Crippen LogP contribution < -0.4 is 24.8 Å². The Balaban J connectivity index is 0.00000127. The molecule has 176 valence electrons. The van der Waals surface area contributed by atoms with Gasteiger partial charge in [0.15, 0.2) is 0 Å². The van der Waals surface area contributed by atoms with Crippen molar-refractivity contribution in [3.8, 4) is 11.1 Å². The summed E-state index contributed by atoms with van der Waals surface area (Å²) in [6.07, 6.45) is 6.15. The Morgan fingerprint density at radius 3 is 1.94 bits per heavy atom. The second-order valence-corrected chi connectivity index (χ2v) is 22.3. The summed E-state index contributed by atoms with van der Waals surface area (Å²) in [4.78, 5) is 0. The molecule has 0 amide bonds. The van der Waals surface area contributed by atoms with E-state index in [0.29, 0.717) is 3.63 Å². The first kappa shape index (κ1) is 25.0. The number of hydrogen-bond acceptors (Lipinski definition) is 0. The molecule has 1 fully saturated rings. The molecule has 3 aliphatic rings. The SMILES string of the molecule is CC(C)(C)C1=[C]([Zr+2]2([CH]3c4ccccc4-c4c3c3ccccc3c3ccccc43)[CH2][CH2]2)CC=C1.[Cl-].[Cl-].